The minimum atomic E-state index is -4.45. The van der Waals surface area contributed by atoms with Crippen molar-refractivity contribution in [3.8, 4) is 0 Å². The second-order valence-electron chi connectivity index (χ2n) is 6.43. The van der Waals surface area contributed by atoms with E-state index in [4.69, 9.17) is 4.74 Å². The molecule has 1 fully saturated rings. The van der Waals surface area contributed by atoms with Crippen molar-refractivity contribution in [3.63, 3.8) is 0 Å². The number of rotatable bonds is 2. The summed E-state index contributed by atoms with van der Waals surface area (Å²) in [5.41, 5.74) is -1.11. The van der Waals surface area contributed by atoms with Crippen molar-refractivity contribution >= 4 is 11.8 Å². The molecular weight excluding hydrogens is 311 g/mol. The predicted octanol–water partition coefficient (Wildman–Crippen LogP) is 3.55. The number of alkyl halides is 3. The molecule has 0 radical (unpaired) electrons. The number of alkyl carbamates (subject to hydrolysis) is 1. The third kappa shape index (κ3) is 4.74. The van der Waals surface area contributed by atoms with Gasteiger partial charge in [0.1, 0.15) is 11.8 Å². The lowest BCUT2D eigenvalue weighted by Crippen LogP contribution is -2.46. The van der Waals surface area contributed by atoms with Crippen LogP contribution in [-0.4, -0.2) is 29.4 Å². The minimum Gasteiger partial charge on any atom is -0.444 e. The van der Waals surface area contributed by atoms with Crippen molar-refractivity contribution in [2.45, 2.75) is 51.6 Å². The zero-order valence-corrected chi connectivity index (χ0v) is 13.3. The van der Waals surface area contributed by atoms with Crippen LogP contribution in [0.2, 0.25) is 0 Å². The molecule has 1 N–H and O–H groups in total. The zero-order chi connectivity index (χ0) is 17.3. The summed E-state index contributed by atoms with van der Waals surface area (Å²) < 4.78 is 43.6. The van der Waals surface area contributed by atoms with Crippen LogP contribution < -0.4 is 10.2 Å². The Morgan fingerprint density at radius 1 is 1.35 bits per heavy atom. The normalized spacial score (nSPS) is 18.9. The van der Waals surface area contributed by atoms with Crippen molar-refractivity contribution < 1.29 is 22.7 Å². The number of hydrogen-bond acceptors (Lipinski definition) is 4. The molecule has 1 atom stereocenters. The Kier molecular flexibility index (Phi) is 4.72. The molecule has 1 aliphatic rings. The number of pyridine rings is 1. The standard InChI is InChI=1S/C15H20F3N3O2/c1-14(2,3)23-13(22)20-12-5-4-6-21(12)11-7-10(8-19-9-11)15(16,17)18/h7-9,12H,4-6H2,1-3H3,(H,20,22). The first-order valence-electron chi connectivity index (χ1n) is 7.35. The predicted molar refractivity (Wildman–Crippen MR) is 79.0 cm³/mol. The largest absolute Gasteiger partial charge is 0.444 e. The van der Waals surface area contributed by atoms with Gasteiger partial charge in [0.05, 0.1) is 17.4 Å². The van der Waals surface area contributed by atoms with Gasteiger partial charge < -0.3 is 15.0 Å². The van der Waals surface area contributed by atoms with Crippen LogP contribution >= 0.6 is 0 Å². The molecule has 0 saturated carbocycles. The molecule has 1 aliphatic heterocycles. The van der Waals surface area contributed by atoms with E-state index in [1.807, 2.05) is 0 Å². The molecule has 0 aliphatic carbocycles. The van der Waals surface area contributed by atoms with Crippen molar-refractivity contribution in [2.24, 2.45) is 0 Å². The monoisotopic (exact) mass is 331 g/mol. The summed E-state index contributed by atoms with van der Waals surface area (Å²) in [4.78, 5) is 17.2. The summed E-state index contributed by atoms with van der Waals surface area (Å²) in [6, 6.07) is 1.04. The maximum atomic E-state index is 12.8. The van der Waals surface area contributed by atoms with Gasteiger partial charge in [0.2, 0.25) is 0 Å². The highest BCUT2D eigenvalue weighted by Crippen LogP contribution is 2.32. The fourth-order valence-electron chi connectivity index (χ4n) is 2.41. The van der Waals surface area contributed by atoms with Crippen LogP contribution in [0.4, 0.5) is 23.7 Å². The van der Waals surface area contributed by atoms with Gasteiger partial charge in [-0.15, -0.1) is 0 Å². The fraction of sp³-hybridized carbons (Fsp3) is 0.600. The Balaban J connectivity index is 2.11. The lowest BCUT2D eigenvalue weighted by Gasteiger charge is -2.29. The summed E-state index contributed by atoms with van der Waals surface area (Å²) in [7, 11) is 0. The van der Waals surface area contributed by atoms with E-state index in [0.717, 1.165) is 18.7 Å². The van der Waals surface area contributed by atoms with E-state index < -0.39 is 29.6 Å². The van der Waals surface area contributed by atoms with Gasteiger partial charge in [0, 0.05) is 12.7 Å². The zero-order valence-electron chi connectivity index (χ0n) is 13.3. The average Bonchev–Trinajstić information content (AvgIpc) is 2.83. The Bertz CT molecular complexity index is 570. The van der Waals surface area contributed by atoms with E-state index in [9.17, 15) is 18.0 Å². The van der Waals surface area contributed by atoms with Gasteiger partial charge in [-0.2, -0.15) is 13.2 Å². The van der Waals surface area contributed by atoms with Crippen LogP contribution in [0.1, 0.15) is 39.2 Å². The number of halogens is 3. The van der Waals surface area contributed by atoms with Crippen molar-refractivity contribution in [3.05, 3.63) is 24.0 Å². The first-order chi connectivity index (χ1) is 10.6. The number of ether oxygens (including phenoxy) is 1. The minimum absolute atomic E-state index is 0.332. The number of anilines is 1. The van der Waals surface area contributed by atoms with E-state index >= 15 is 0 Å². The quantitative estimate of drug-likeness (QED) is 0.900. The molecule has 0 spiro atoms. The number of carbonyl (C=O) groups is 1. The van der Waals surface area contributed by atoms with E-state index in [1.165, 1.54) is 6.20 Å². The summed E-state index contributed by atoms with van der Waals surface area (Å²) in [5.74, 6) is 0. The highest BCUT2D eigenvalue weighted by molar-refractivity contribution is 5.69. The van der Waals surface area contributed by atoms with E-state index in [2.05, 4.69) is 10.3 Å². The maximum absolute atomic E-state index is 12.8. The van der Waals surface area contributed by atoms with Crippen LogP contribution in [0.3, 0.4) is 0 Å². The Hall–Kier alpha value is -1.99. The third-order valence-electron chi connectivity index (χ3n) is 3.32. The first-order valence-corrected chi connectivity index (χ1v) is 7.35. The van der Waals surface area contributed by atoms with Gasteiger partial charge in [-0.1, -0.05) is 0 Å². The van der Waals surface area contributed by atoms with E-state index in [0.29, 0.717) is 18.7 Å². The van der Waals surface area contributed by atoms with E-state index in [-0.39, 0.29) is 0 Å². The highest BCUT2D eigenvalue weighted by Gasteiger charge is 2.33. The van der Waals surface area contributed by atoms with Crippen molar-refractivity contribution in [2.75, 3.05) is 11.4 Å². The highest BCUT2D eigenvalue weighted by atomic mass is 19.4. The van der Waals surface area contributed by atoms with Crippen molar-refractivity contribution in [1.29, 1.82) is 0 Å². The molecule has 0 aromatic carbocycles. The number of amides is 1. The Labute approximate surface area is 132 Å². The van der Waals surface area contributed by atoms with Crippen LogP contribution in [0.15, 0.2) is 18.5 Å². The summed E-state index contributed by atoms with van der Waals surface area (Å²) in [5, 5.41) is 2.70. The molecule has 0 bridgehead atoms. The van der Waals surface area contributed by atoms with E-state index in [1.54, 1.807) is 25.7 Å². The van der Waals surface area contributed by atoms with Gasteiger partial charge in [0.25, 0.3) is 0 Å². The molecule has 128 valence electrons. The summed E-state index contributed by atoms with van der Waals surface area (Å²) in [6.07, 6.45) is -1.90. The summed E-state index contributed by atoms with van der Waals surface area (Å²) >= 11 is 0. The molecule has 1 aromatic heterocycles. The number of aromatic nitrogens is 1. The topological polar surface area (TPSA) is 54.5 Å². The Morgan fingerprint density at radius 3 is 2.65 bits per heavy atom. The van der Waals surface area contributed by atoms with Crippen LogP contribution in [0.25, 0.3) is 0 Å². The van der Waals surface area contributed by atoms with Crippen LogP contribution in [-0.2, 0) is 10.9 Å². The summed E-state index contributed by atoms with van der Waals surface area (Å²) in [6.45, 7) is 5.78. The molecule has 5 nitrogen and oxygen atoms in total. The third-order valence-corrected chi connectivity index (χ3v) is 3.32. The van der Waals surface area contributed by atoms with Gasteiger partial charge in [-0.05, 0) is 39.7 Å². The van der Waals surface area contributed by atoms with Gasteiger partial charge >= 0.3 is 12.3 Å². The van der Waals surface area contributed by atoms with Crippen LogP contribution in [0, 0.1) is 0 Å². The first kappa shape index (κ1) is 17.4. The Morgan fingerprint density at radius 2 is 2.04 bits per heavy atom. The molecule has 2 heterocycles. The van der Waals surface area contributed by atoms with Gasteiger partial charge in [-0.25, -0.2) is 4.79 Å². The molecule has 1 aromatic rings. The number of nitrogens with one attached hydrogen (secondary N) is 1. The SMILES string of the molecule is CC(C)(C)OC(=O)NC1CCCN1c1cncc(C(F)(F)F)c1. The number of carbonyl (C=O) groups excluding carboxylic acids is 1. The fourth-order valence-corrected chi connectivity index (χ4v) is 2.41. The van der Waals surface area contributed by atoms with Crippen molar-refractivity contribution in [1.82, 2.24) is 10.3 Å². The smallest absolute Gasteiger partial charge is 0.417 e. The maximum Gasteiger partial charge on any atom is 0.417 e. The molecule has 1 amide bonds. The molecule has 1 saturated heterocycles. The number of hydrogen-bond donors (Lipinski definition) is 1. The second kappa shape index (κ2) is 6.25. The van der Waals surface area contributed by atoms with Crippen LogP contribution in [0.5, 0.6) is 0 Å². The lowest BCUT2D eigenvalue weighted by atomic mass is 10.2. The molecule has 1 unspecified atom stereocenters. The average molecular weight is 331 g/mol. The van der Waals surface area contributed by atoms with Gasteiger partial charge in [-0.3, -0.25) is 4.98 Å². The molecular formula is C15H20F3N3O2. The number of nitrogens with zero attached hydrogens (tertiary/aromatic N) is 2. The molecule has 23 heavy (non-hydrogen) atoms. The van der Waals surface area contributed by atoms with Gasteiger partial charge in [0.15, 0.2) is 0 Å². The lowest BCUT2D eigenvalue weighted by molar-refractivity contribution is -0.137. The molecule has 2 rings (SSSR count). The second-order valence-corrected chi connectivity index (χ2v) is 6.43. The molecule has 8 heteroatoms.